The van der Waals surface area contributed by atoms with Crippen LogP contribution >= 0.6 is 23.1 Å². The van der Waals surface area contributed by atoms with Crippen LogP contribution < -0.4 is 10.6 Å². The number of hydrogen-bond donors (Lipinski definition) is 2. The molecular formula is C21H24N4OS2. The predicted octanol–water partition coefficient (Wildman–Crippen LogP) is 4.40. The first-order valence-corrected chi connectivity index (χ1v) is 11.1. The van der Waals surface area contributed by atoms with E-state index in [4.69, 9.17) is 0 Å². The maximum absolute atomic E-state index is 12.2. The Hall–Kier alpha value is -2.38. The largest absolute Gasteiger partial charge is 0.360 e. The van der Waals surface area contributed by atoms with Gasteiger partial charge < -0.3 is 10.6 Å². The quantitative estimate of drug-likeness (QED) is 0.483. The molecule has 3 aromatic rings. The summed E-state index contributed by atoms with van der Waals surface area (Å²) in [7, 11) is 0. The highest BCUT2D eigenvalue weighted by molar-refractivity contribution is 8.01. The van der Waals surface area contributed by atoms with Crippen molar-refractivity contribution in [2.45, 2.75) is 23.6 Å². The van der Waals surface area contributed by atoms with Crippen molar-refractivity contribution in [2.24, 2.45) is 0 Å². The van der Waals surface area contributed by atoms with Crippen LogP contribution in [0.5, 0.6) is 0 Å². The molecule has 0 atom stereocenters. The van der Waals surface area contributed by atoms with Gasteiger partial charge in [0.1, 0.15) is 0 Å². The van der Waals surface area contributed by atoms with E-state index in [-0.39, 0.29) is 11.8 Å². The van der Waals surface area contributed by atoms with Crippen molar-refractivity contribution in [3.8, 4) is 0 Å². The molecule has 0 aliphatic rings. The molecule has 0 spiro atoms. The first kappa shape index (κ1) is 20.4. The maximum Gasteiger partial charge on any atom is 0.230 e. The van der Waals surface area contributed by atoms with Gasteiger partial charge in [-0.15, -0.1) is 10.2 Å². The maximum atomic E-state index is 12.2. The number of nitrogens with zero attached hydrogens (tertiary/aromatic N) is 2. The van der Waals surface area contributed by atoms with Gasteiger partial charge in [-0.2, -0.15) is 0 Å². The Morgan fingerprint density at radius 3 is 2.29 bits per heavy atom. The fourth-order valence-corrected chi connectivity index (χ4v) is 4.57. The third-order valence-electron chi connectivity index (χ3n) is 4.22. The van der Waals surface area contributed by atoms with E-state index in [1.807, 2.05) is 19.1 Å². The van der Waals surface area contributed by atoms with Gasteiger partial charge in [-0.05, 0) is 24.5 Å². The van der Waals surface area contributed by atoms with Gasteiger partial charge in [-0.3, -0.25) is 4.79 Å². The van der Waals surface area contributed by atoms with Crippen molar-refractivity contribution in [2.75, 3.05) is 24.2 Å². The van der Waals surface area contributed by atoms with E-state index >= 15 is 0 Å². The van der Waals surface area contributed by atoms with Crippen molar-refractivity contribution >= 4 is 34.1 Å². The molecule has 146 valence electrons. The summed E-state index contributed by atoms with van der Waals surface area (Å²) >= 11 is 2.89. The van der Waals surface area contributed by atoms with Gasteiger partial charge in [0.15, 0.2) is 4.34 Å². The molecular weight excluding hydrogens is 388 g/mol. The van der Waals surface area contributed by atoms with E-state index in [9.17, 15) is 4.79 Å². The summed E-state index contributed by atoms with van der Waals surface area (Å²) in [4.78, 5) is 12.2. The van der Waals surface area contributed by atoms with Gasteiger partial charge in [0, 0.05) is 19.0 Å². The van der Waals surface area contributed by atoms with Gasteiger partial charge in [0.25, 0.3) is 0 Å². The smallest absolute Gasteiger partial charge is 0.230 e. The Morgan fingerprint density at radius 1 is 1.04 bits per heavy atom. The first-order valence-electron chi connectivity index (χ1n) is 9.33. The monoisotopic (exact) mass is 412 g/mol. The number of anilines is 1. The minimum absolute atomic E-state index is 0.0186. The molecule has 0 fully saturated rings. The standard InChI is InChI=1S/C21H24N4OS2/c1-2-22-20-24-25-21(28-20)27-15-19(26)23-14-13-18(16-9-5-3-6-10-16)17-11-7-4-8-12-17/h3-12,18H,2,13-15H2,1H3,(H,22,24)(H,23,26). The van der Waals surface area contributed by atoms with Crippen LogP contribution in [0.4, 0.5) is 5.13 Å². The van der Waals surface area contributed by atoms with Crippen LogP contribution in [0, 0.1) is 0 Å². The van der Waals surface area contributed by atoms with Crippen molar-refractivity contribution in [1.82, 2.24) is 15.5 Å². The summed E-state index contributed by atoms with van der Waals surface area (Å²) in [6, 6.07) is 20.9. The highest BCUT2D eigenvalue weighted by atomic mass is 32.2. The lowest BCUT2D eigenvalue weighted by Gasteiger charge is -2.18. The van der Waals surface area contributed by atoms with Gasteiger partial charge >= 0.3 is 0 Å². The Bertz CT molecular complexity index is 816. The van der Waals surface area contributed by atoms with E-state index in [2.05, 4.69) is 69.4 Å². The lowest BCUT2D eigenvalue weighted by atomic mass is 9.88. The number of thioether (sulfide) groups is 1. The predicted molar refractivity (Wildman–Crippen MR) is 117 cm³/mol. The molecule has 2 N–H and O–H groups in total. The molecule has 28 heavy (non-hydrogen) atoms. The summed E-state index contributed by atoms with van der Waals surface area (Å²) in [5, 5.41) is 15.1. The van der Waals surface area contributed by atoms with Gasteiger partial charge in [-0.25, -0.2) is 0 Å². The molecule has 0 unspecified atom stereocenters. The molecule has 0 bridgehead atoms. The van der Waals surface area contributed by atoms with Crippen LogP contribution in [-0.2, 0) is 4.79 Å². The third kappa shape index (κ3) is 6.07. The van der Waals surface area contributed by atoms with Crippen LogP contribution in [0.3, 0.4) is 0 Å². The van der Waals surface area contributed by atoms with Crippen molar-refractivity contribution in [1.29, 1.82) is 0 Å². The van der Waals surface area contributed by atoms with Crippen LogP contribution in [0.2, 0.25) is 0 Å². The molecule has 2 aromatic carbocycles. The van der Waals surface area contributed by atoms with E-state index in [0.717, 1.165) is 22.4 Å². The number of carbonyl (C=O) groups is 1. The average Bonchev–Trinajstić information content (AvgIpc) is 3.19. The molecule has 3 rings (SSSR count). The minimum Gasteiger partial charge on any atom is -0.360 e. The van der Waals surface area contributed by atoms with Crippen LogP contribution in [0.1, 0.15) is 30.4 Å². The lowest BCUT2D eigenvalue weighted by molar-refractivity contribution is -0.118. The van der Waals surface area contributed by atoms with Crippen molar-refractivity contribution < 1.29 is 4.79 Å². The molecule has 0 radical (unpaired) electrons. The third-order valence-corrected chi connectivity index (χ3v) is 6.23. The number of nitrogens with one attached hydrogen (secondary N) is 2. The Kier molecular flexibility index (Phi) is 7.87. The molecule has 5 nitrogen and oxygen atoms in total. The number of benzene rings is 2. The molecule has 0 aliphatic heterocycles. The second-order valence-corrected chi connectivity index (χ2v) is 8.40. The molecule has 0 saturated carbocycles. The number of aromatic nitrogens is 2. The fourth-order valence-electron chi connectivity index (χ4n) is 2.92. The summed E-state index contributed by atoms with van der Waals surface area (Å²) in [6.45, 7) is 3.45. The summed E-state index contributed by atoms with van der Waals surface area (Å²) < 4.78 is 0.803. The zero-order valence-electron chi connectivity index (χ0n) is 15.8. The number of rotatable bonds is 10. The number of amides is 1. The summed E-state index contributed by atoms with van der Waals surface area (Å²) in [6.07, 6.45) is 0.855. The normalized spacial score (nSPS) is 10.8. The molecule has 1 aromatic heterocycles. The first-order chi connectivity index (χ1) is 13.8. The van der Waals surface area contributed by atoms with Crippen LogP contribution in [0.25, 0.3) is 0 Å². The van der Waals surface area contributed by atoms with E-state index < -0.39 is 0 Å². The minimum atomic E-state index is 0.0186. The zero-order chi connectivity index (χ0) is 19.6. The Balaban J connectivity index is 1.50. The molecule has 1 heterocycles. The molecule has 0 aliphatic carbocycles. The van der Waals surface area contributed by atoms with Gasteiger partial charge in [0.05, 0.1) is 5.75 Å². The Labute approximate surface area is 174 Å². The summed E-state index contributed by atoms with van der Waals surface area (Å²) in [5.74, 6) is 0.633. The highest BCUT2D eigenvalue weighted by Crippen LogP contribution is 2.28. The zero-order valence-corrected chi connectivity index (χ0v) is 17.4. The van der Waals surface area contributed by atoms with Crippen LogP contribution in [0.15, 0.2) is 65.0 Å². The topological polar surface area (TPSA) is 66.9 Å². The van der Waals surface area contributed by atoms with Gasteiger partial charge in [-0.1, -0.05) is 83.8 Å². The number of carbonyl (C=O) groups excluding carboxylic acids is 1. The highest BCUT2D eigenvalue weighted by Gasteiger charge is 2.14. The Morgan fingerprint density at radius 2 is 1.68 bits per heavy atom. The SMILES string of the molecule is CCNc1nnc(SCC(=O)NCCC(c2ccccc2)c2ccccc2)s1. The number of hydrogen-bond acceptors (Lipinski definition) is 6. The fraction of sp³-hybridized carbons (Fsp3) is 0.286. The van der Waals surface area contributed by atoms with Gasteiger partial charge in [0.2, 0.25) is 11.0 Å². The lowest BCUT2D eigenvalue weighted by Crippen LogP contribution is -2.27. The van der Waals surface area contributed by atoms with E-state index in [1.54, 1.807) is 0 Å². The van der Waals surface area contributed by atoms with E-state index in [1.165, 1.54) is 34.2 Å². The average molecular weight is 413 g/mol. The molecule has 7 heteroatoms. The molecule has 0 saturated heterocycles. The van der Waals surface area contributed by atoms with Crippen molar-refractivity contribution in [3.63, 3.8) is 0 Å². The second-order valence-electron chi connectivity index (χ2n) is 6.20. The van der Waals surface area contributed by atoms with Crippen LogP contribution in [-0.4, -0.2) is 34.9 Å². The van der Waals surface area contributed by atoms with E-state index in [0.29, 0.717) is 12.3 Å². The second kappa shape index (κ2) is 10.8. The summed E-state index contributed by atoms with van der Waals surface area (Å²) in [5.41, 5.74) is 2.53. The van der Waals surface area contributed by atoms with Crippen molar-refractivity contribution in [3.05, 3.63) is 71.8 Å². The molecule has 1 amide bonds.